The number of nitrogens with one attached hydrogen (secondary N) is 1. The van der Waals surface area contributed by atoms with Gasteiger partial charge in [-0.3, -0.25) is 4.79 Å². The van der Waals surface area contributed by atoms with Gasteiger partial charge in [0, 0.05) is 5.69 Å². The predicted molar refractivity (Wildman–Crippen MR) is 129 cm³/mol. The zero-order valence-electron chi connectivity index (χ0n) is 19.1. The molecule has 1 atom stereocenters. The smallest absolute Gasteiger partial charge is 0.235 e. The first-order valence-corrected chi connectivity index (χ1v) is 11.3. The molecule has 2 aliphatic carbocycles. The van der Waals surface area contributed by atoms with Crippen molar-refractivity contribution in [2.45, 2.75) is 51.9 Å². The lowest BCUT2D eigenvalue weighted by Crippen LogP contribution is -2.27. The molecule has 0 aromatic heterocycles. The van der Waals surface area contributed by atoms with Gasteiger partial charge in [-0.1, -0.05) is 69.7 Å². The summed E-state index contributed by atoms with van der Waals surface area (Å²) in [5.74, 6) is 1.38. The van der Waals surface area contributed by atoms with Crippen molar-refractivity contribution in [3.63, 3.8) is 0 Å². The number of allylic oxidation sites excluding steroid dienone is 2. The molecule has 0 heterocycles. The number of hydrogen-bond acceptors (Lipinski definition) is 2. The molecular weight excluding hydrogens is 382 g/mol. The van der Waals surface area contributed by atoms with Crippen LogP contribution in [0.3, 0.4) is 0 Å². The third-order valence-corrected chi connectivity index (χ3v) is 7.26. The lowest BCUT2D eigenvalue weighted by Gasteiger charge is -2.31. The molecule has 0 saturated heterocycles. The monoisotopic (exact) mass is 415 g/mol. The first kappa shape index (κ1) is 21.4. The molecule has 1 unspecified atom stereocenters. The SMILES string of the molecule is CCC(C)(C)C1/C=C/c2ccc(NC(=O)C3(c4cccc(OC)c4)CC3)cc2/C=C\C1. The van der Waals surface area contributed by atoms with E-state index in [0.717, 1.165) is 48.2 Å². The number of carbonyl (C=O) groups is 1. The minimum absolute atomic E-state index is 0.0656. The molecule has 1 saturated carbocycles. The molecule has 1 fully saturated rings. The van der Waals surface area contributed by atoms with Gasteiger partial charge in [-0.2, -0.15) is 0 Å². The molecule has 2 aliphatic rings. The van der Waals surface area contributed by atoms with Crippen LogP contribution >= 0.6 is 0 Å². The van der Waals surface area contributed by atoms with Crippen molar-refractivity contribution in [2.75, 3.05) is 12.4 Å². The van der Waals surface area contributed by atoms with Crippen molar-refractivity contribution in [1.82, 2.24) is 0 Å². The quantitative estimate of drug-likeness (QED) is 0.560. The summed E-state index contributed by atoms with van der Waals surface area (Å²) in [6.07, 6.45) is 13.0. The Hall–Kier alpha value is -2.81. The summed E-state index contributed by atoms with van der Waals surface area (Å²) in [7, 11) is 1.66. The fourth-order valence-corrected chi connectivity index (χ4v) is 4.37. The molecule has 4 rings (SSSR count). The van der Waals surface area contributed by atoms with E-state index >= 15 is 0 Å². The van der Waals surface area contributed by atoms with E-state index in [4.69, 9.17) is 4.74 Å². The van der Waals surface area contributed by atoms with Crippen LogP contribution in [0.1, 0.15) is 63.1 Å². The highest BCUT2D eigenvalue weighted by Gasteiger charge is 2.51. The highest BCUT2D eigenvalue weighted by Crippen LogP contribution is 2.49. The Morgan fingerprint density at radius 3 is 2.65 bits per heavy atom. The Bertz CT molecular complexity index is 1030. The van der Waals surface area contributed by atoms with E-state index < -0.39 is 5.41 Å². The Balaban J connectivity index is 1.53. The number of amides is 1. The van der Waals surface area contributed by atoms with E-state index in [2.05, 4.69) is 62.5 Å². The van der Waals surface area contributed by atoms with Gasteiger partial charge < -0.3 is 10.1 Å². The molecule has 1 amide bonds. The summed E-state index contributed by atoms with van der Waals surface area (Å²) in [5.41, 5.74) is 4.07. The fraction of sp³-hybridized carbons (Fsp3) is 0.393. The fourth-order valence-electron chi connectivity index (χ4n) is 4.37. The number of fused-ring (bicyclic) bond motifs is 1. The summed E-state index contributed by atoms with van der Waals surface area (Å²) in [6.45, 7) is 6.94. The molecule has 1 N–H and O–H groups in total. The maximum absolute atomic E-state index is 13.2. The minimum Gasteiger partial charge on any atom is -0.497 e. The van der Waals surface area contributed by atoms with Gasteiger partial charge in [-0.25, -0.2) is 0 Å². The van der Waals surface area contributed by atoms with Crippen LogP contribution in [0.4, 0.5) is 5.69 Å². The number of carbonyl (C=O) groups excluding carboxylic acids is 1. The van der Waals surface area contributed by atoms with Crippen LogP contribution in [0.5, 0.6) is 5.75 Å². The second-order valence-electron chi connectivity index (χ2n) is 9.56. The summed E-state index contributed by atoms with van der Waals surface area (Å²) < 4.78 is 5.35. The molecule has 0 aliphatic heterocycles. The maximum Gasteiger partial charge on any atom is 0.235 e. The second-order valence-corrected chi connectivity index (χ2v) is 9.56. The van der Waals surface area contributed by atoms with Crippen LogP contribution in [-0.2, 0) is 10.2 Å². The lowest BCUT2D eigenvalue weighted by molar-refractivity contribution is -0.118. The minimum atomic E-state index is -0.437. The lowest BCUT2D eigenvalue weighted by atomic mass is 9.74. The van der Waals surface area contributed by atoms with Crippen molar-refractivity contribution in [1.29, 1.82) is 0 Å². The number of benzene rings is 2. The predicted octanol–water partition coefficient (Wildman–Crippen LogP) is 6.85. The molecule has 2 aromatic carbocycles. The van der Waals surface area contributed by atoms with Crippen LogP contribution in [0, 0.1) is 11.3 Å². The number of ether oxygens (including phenoxy) is 1. The Kier molecular flexibility index (Phi) is 5.79. The van der Waals surface area contributed by atoms with Crippen molar-refractivity contribution in [2.24, 2.45) is 11.3 Å². The van der Waals surface area contributed by atoms with Crippen molar-refractivity contribution in [3.05, 3.63) is 71.3 Å². The summed E-state index contributed by atoms with van der Waals surface area (Å²) in [6, 6.07) is 14.1. The van der Waals surface area contributed by atoms with E-state index in [-0.39, 0.29) is 11.3 Å². The van der Waals surface area contributed by atoms with E-state index in [0.29, 0.717) is 5.92 Å². The number of hydrogen-bond donors (Lipinski definition) is 1. The zero-order chi connectivity index (χ0) is 22.1. The van der Waals surface area contributed by atoms with Crippen molar-refractivity contribution in [3.8, 4) is 5.75 Å². The van der Waals surface area contributed by atoms with Gasteiger partial charge in [-0.15, -0.1) is 0 Å². The second kappa shape index (κ2) is 8.37. The summed E-state index contributed by atoms with van der Waals surface area (Å²) >= 11 is 0. The van der Waals surface area contributed by atoms with E-state index in [1.807, 2.05) is 30.3 Å². The van der Waals surface area contributed by atoms with Gasteiger partial charge in [-0.05, 0) is 71.6 Å². The highest BCUT2D eigenvalue weighted by molar-refractivity contribution is 6.01. The van der Waals surface area contributed by atoms with Gasteiger partial charge in [0.15, 0.2) is 0 Å². The van der Waals surface area contributed by atoms with Crippen molar-refractivity contribution < 1.29 is 9.53 Å². The summed E-state index contributed by atoms with van der Waals surface area (Å²) in [5, 5.41) is 3.17. The van der Waals surface area contributed by atoms with Crippen molar-refractivity contribution >= 4 is 23.7 Å². The third-order valence-electron chi connectivity index (χ3n) is 7.26. The Morgan fingerprint density at radius 1 is 1.13 bits per heavy atom. The number of rotatable bonds is 6. The van der Waals surface area contributed by atoms with Gasteiger partial charge in [0.25, 0.3) is 0 Å². The molecule has 3 heteroatoms. The van der Waals surface area contributed by atoms with Crippen LogP contribution in [0.2, 0.25) is 0 Å². The number of methoxy groups -OCH3 is 1. The van der Waals surface area contributed by atoms with E-state index in [1.54, 1.807) is 7.11 Å². The molecule has 0 spiro atoms. The average Bonchev–Trinajstić information content (AvgIpc) is 3.57. The van der Waals surface area contributed by atoms with Crippen LogP contribution < -0.4 is 10.1 Å². The van der Waals surface area contributed by atoms with Gasteiger partial charge in [0.05, 0.1) is 12.5 Å². The van der Waals surface area contributed by atoms with Crippen LogP contribution in [-0.4, -0.2) is 13.0 Å². The zero-order valence-corrected chi connectivity index (χ0v) is 19.1. The van der Waals surface area contributed by atoms with Gasteiger partial charge in [0.2, 0.25) is 5.91 Å². The van der Waals surface area contributed by atoms with Crippen LogP contribution in [0.25, 0.3) is 12.2 Å². The van der Waals surface area contributed by atoms with Crippen LogP contribution in [0.15, 0.2) is 54.6 Å². The molecular formula is C28H33NO2. The highest BCUT2D eigenvalue weighted by atomic mass is 16.5. The first-order chi connectivity index (χ1) is 14.9. The molecule has 2 aromatic rings. The standard InChI is InChI=1S/C28H33NO2/c1-5-27(2,3)22-9-6-8-21-18-24(15-13-20(21)12-14-22)29-26(30)28(16-17-28)23-10-7-11-25(19-23)31-4/h6-8,10-15,18-19,22H,5,9,16-17H2,1-4H3,(H,29,30)/b8-6-,14-12+. The topological polar surface area (TPSA) is 38.3 Å². The molecule has 162 valence electrons. The molecule has 0 radical (unpaired) electrons. The molecule has 31 heavy (non-hydrogen) atoms. The number of anilines is 1. The third kappa shape index (κ3) is 4.32. The van der Waals surface area contributed by atoms with E-state index in [9.17, 15) is 4.79 Å². The summed E-state index contributed by atoms with van der Waals surface area (Å²) in [4.78, 5) is 13.2. The first-order valence-electron chi connectivity index (χ1n) is 11.3. The molecule has 3 nitrogen and oxygen atoms in total. The Morgan fingerprint density at radius 2 is 1.94 bits per heavy atom. The van der Waals surface area contributed by atoms with Gasteiger partial charge >= 0.3 is 0 Å². The molecule has 0 bridgehead atoms. The Labute approximate surface area is 186 Å². The van der Waals surface area contributed by atoms with Gasteiger partial charge in [0.1, 0.15) is 5.75 Å². The van der Waals surface area contributed by atoms with E-state index in [1.165, 1.54) is 5.56 Å². The normalized spacial score (nSPS) is 21.2. The largest absolute Gasteiger partial charge is 0.497 e. The average molecular weight is 416 g/mol. The maximum atomic E-state index is 13.2.